The molecule has 0 aliphatic carbocycles. The summed E-state index contributed by atoms with van der Waals surface area (Å²) in [5, 5.41) is 2.19. The number of hydrogen-bond acceptors (Lipinski definition) is 3. The number of ether oxygens (including phenoxy) is 1. The Bertz CT molecular complexity index is 738. The number of anilines is 1. The Labute approximate surface area is 111 Å². The number of fused-ring (bicyclic) bond motifs is 1. The quantitative estimate of drug-likeness (QED) is 0.757. The van der Waals surface area contributed by atoms with Gasteiger partial charge in [0, 0.05) is 17.1 Å². The van der Waals surface area contributed by atoms with E-state index in [1.165, 1.54) is 0 Å². The van der Waals surface area contributed by atoms with Gasteiger partial charge in [0.2, 0.25) is 0 Å². The van der Waals surface area contributed by atoms with Crippen LogP contribution in [-0.4, -0.2) is 12.1 Å². The summed E-state index contributed by atoms with van der Waals surface area (Å²) >= 11 is 0. The average Bonchev–Trinajstić information content (AvgIpc) is 2.47. The van der Waals surface area contributed by atoms with Gasteiger partial charge in [0.15, 0.2) is 0 Å². The zero-order valence-corrected chi connectivity index (χ0v) is 10.6. The van der Waals surface area contributed by atoms with Crippen LogP contribution in [0.2, 0.25) is 0 Å². The largest absolute Gasteiger partial charge is 0.496 e. The number of nitrogens with two attached hydrogens (primary N) is 1. The van der Waals surface area contributed by atoms with Gasteiger partial charge in [-0.2, -0.15) is 0 Å². The first-order valence-electron chi connectivity index (χ1n) is 6.08. The van der Waals surface area contributed by atoms with E-state index < -0.39 is 0 Å². The van der Waals surface area contributed by atoms with Crippen LogP contribution >= 0.6 is 0 Å². The highest BCUT2D eigenvalue weighted by Crippen LogP contribution is 2.35. The van der Waals surface area contributed by atoms with Crippen LogP contribution in [0.3, 0.4) is 0 Å². The van der Waals surface area contributed by atoms with E-state index in [0.29, 0.717) is 5.82 Å². The van der Waals surface area contributed by atoms with Gasteiger partial charge in [-0.1, -0.05) is 24.3 Å². The van der Waals surface area contributed by atoms with Crippen LogP contribution in [0.1, 0.15) is 0 Å². The smallest absolute Gasteiger partial charge is 0.131 e. The molecule has 3 nitrogen and oxygen atoms in total. The summed E-state index contributed by atoms with van der Waals surface area (Å²) < 4.78 is 5.40. The maximum absolute atomic E-state index is 5.97. The molecule has 19 heavy (non-hydrogen) atoms. The summed E-state index contributed by atoms with van der Waals surface area (Å²) in [6.45, 7) is 0. The van der Waals surface area contributed by atoms with E-state index in [-0.39, 0.29) is 0 Å². The van der Waals surface area contributed by atoms with E-state index in [0.717, 1.165) is 27.6 Å². The summed E-state index contributed by atoms with van der Waals surface area (Å²) in [6.07, 6.45) is 1.70. The molecule has 0 spiro atoms. The second-order valence-electron chi connectivity index (χ2n) is 4.30. The molecule has 0 atom stereocenters. The Morgan fingerprint density at radius 1 is 0.895 bits per heavy atom. The van der Waals surface area contributed by atoms with Crippen molar-refractivity contribution in [2.24, 2.45) is 0 Å². The van der Waals surface area contributed by atoms with Crippen molar-refractivity contribution in [3.63, 3.8) is 0 Å². The molecular formula is C16H14N2O. The number of methoxy groups -OCH3 is 1. The van der Waals surface area contributed by atoms with Crippen LogP contribution in [0.15, 0.2) is 54.7 Å². The molecule has 0 saturated heterocycles. The van der Waals surface area contributed by atoms with Gasteiger partial charge in [0.25, 0.3) is 0 Å². The number of nitrogens with zero attached hydrogens (tertiary/aromatic N) is 1. The van der Waals surface area contributed by atoms with E-state index in [1.807, 2.05) is 42.5 Å². The first kappa shape index (κ1) is 11.5. The highest BCUT2D eigenvalue weighted by molar-refractivity contribution is 6.01. The number of hydrogen-bond donors (Lipinski definition) is 1. The van der Waals surface area contributed by atoms with Gasteiger partial charge in [-0.3, -0.25) is 0 Å². The molecule has 0 unspecified atom stereocenters. The number of nitrogen functional groups attached to an aromatic ring is 1. The van der Waals surface area contributed by atoms with E-state index in [1.54, 1.807) is 13.3 Å². The van der Waals surface area contributed by atoms with Crippen molar-refractivity contribution in [3.8, 4) is 16.9 Å². The molecule has 0 aliphatic rings. The van der Waals surface area contributed by atoms with Crippen LogP contribution in [-0.2, 0) is 0 Å². The predicted molar refractivity (Wildman–Crippen MR) is 78.1 cm³/mol. The van der Waals surface area contributed by atoms with Crippen molar-refractivity contribution in [2.45, 2.75) is 0 Å². The van der Waals surface area contributed by atoms with Crippen LogP contribution in [0, 0.1) is 0 Å². The van der Waals surface area contributed by atoms with E-state index >= 15 is 0 Å². The van der Waals surface area contributed by atoms with E-state index in [9.17, 15) is 0 Å². The molecule has 3 heteroatoms. The third kappa shape index (κ3) is 1.89. The van der Waals surface area contributed by atoms with Gasteiger partial charge < -0.3 is 10.5 Å². The number of pyridine rings is 1. The fourth-order valence-corrected chi connectivity index (χ4v) is 2.33. The van der Waals surface area contributed by atoms with Crippen LogP contribution in [0.4, 0.5) is 5.82 Å². The number of rotatable bonds is 2. The molecule has 0 bridgehead atoms. The molecule has 0 radical (unpaired) electrons. The van der Waals surface area contributed by atoms with Crippen molar-refractivity contribution in [1.82, 2.24) is 4.98 Å². The molecule has 2 N–H and O–H groups in total. The van der Waals surface area contributed by atoms with Gasteiger partial charge >= 0.3 is 0 Å². The lowest BCUT2D eigenvalue weighted by atomic mass is 9.98. The van der Waals surface area contributed by atoms with Crippen molar-refractivity contribution in [2.75, 3.05) is 12.8 Å². The highest BCUT2D eigenvalue weighted by atomic mass is 16.5. The van der Waals surface area contributed by atoms with Gasteiger partial charge in [0.05, 0.1) is 7.11 Å². The lowest BCUT2D eigenvalue weighted by molar-refractivity contribution is 0.420. The SMILES string of the molecule is COc1ccc(-c2cccnc2N)c2ccccc12. The van der Waals surface area contributed by atoms with Gasteiger partial charge in [-0.15, -0.1) is 0 Å². The Balaban J connectivity index is 2.35. The fraction of sp³-hybridized carbons (Fsp3) is 0.0625. The third-order valence-electron chi connectivity index (χ3n) is 3.23. The van der Waals surface area contributed by atoms with Gasteiger partial charge in [0.1, 0.15) is 11.6 Å². The molecule has 0 fully saturated rings. The zero-order chi connectivity index (χ0) is 13.2. The van der Waals surface area contributed by atoms with E-state index in [2.05, 4.69) is 11.1 Å². The summed E-state index contributed by atoms with van der Waals surface area (Å²) in [5.41, 5.74) is 7.99. The van der Waals surface area contributed by atoms with Crippen molar-refractivity contribution in [1.29, 1.82) is 0 Å². The molecule has 1 heterocycles. The molecule has 0 amide bonds. The molecular weight excluding hydrogens is 236 g/mol. The fourth-order valence-electron chi connectivity index (χ4n) is 2.33. The van der Waals surface area contributed by atoms with Crippen LogP contribution in [0.5, 0.6) is 5.75 Å². The molecule has 1 aromatic heterocycles. The van der Waals surface area contributed by atoms with Crippen molar-refractivity contribution < 1.29 is 4.74 Å². The average molecular weight is 250 g/mol. The molecule has 2 aromatic carbocycles. The highest BCUT2D eigenvalue weighted by Gasteiger charge is 2.10. The minimum Gasteiger partial charge on any atom is -0.496 e. The van der Waals surface area contributed by atoms with E-state index in [4.69, 9.17) is 10.5 Å². The normalized spacial score (nSPS) is 10.6. The lowest BCUT2D eigenvalue weighted by Gasteiger charge is -2.11. The second kappa shape index (κ2) is 4.61. The zero-order valence-electron chi connectivity index (χ0n) is 10.6. The Kier molecular flexibility index (Phi) is 2.80. The minimum atomic E-state index is 0.540. The third-order valence-corrected chi connectivity index (χ3v) is 3.23. The molecule has 0 saturated carbocycles. The van der Waals surface area contributed by atoms with Crippen LogP contribution in [0.25, 0.3) is 21.9 Å². The molecule has 3 rings (SSSR count). The minimum absolute atomic E-state index is 0.540. The van der Waals surface area contributed by atoms with Gasteiger partial charge in [-0.25, -0.2) is 4.98 Å². The number of aromatic nitrogens is 1. The molecule has 0 aliphatic heterocycles. The Morgan fingerprint density at radius 2 is 1.68 bits per heavy atom. The molecule has 3 aromatic rings. The predicted octanol–water partition coefficient (Wildman–Crippen LogP) is 3.49. The monoisotopic (exact) mass is 250 g/mol. The maximum Gasteiger partial charge on any atom is 0.131 e. The topological polar surface area (TPSA) is 48.1 Å². The van der Waals surface area contributed by atoms with Crippen molar-refractivity contribution >= 4 is 16.6 Å². The summed E-state index contributed by atoms with van der Waals surface area (Å²) in [6, 6.07) is 16.0. The Morgan fingerprint density at radius 3 is 2.42 bits per heavy atom. The molecule has 94 valence electrons. The van der Waals surface area contributed by atoms with Crippen molar-refractivity contribution in [3.05, 3.63) is 54.7 Å². The standard InChI is InChI=1S/C16H14N2O/c1-19-15-9-8-12(11-5-2-3-6-13(11)15)14-7-4-10-18-16(14)17/h2-10H,1H3,(H2,17,18). The van der Waals surface area contributed by atoms with Crippen LogP contribution < -0.4 is 10.5 Å². The first-order valence-corrected chi connectivity index (χ1v) is 6.08. The Hall–Kier alpha value is -2.55. The van der Waals surface area contributed by atoms with Gasteiger partial charge in [-0.05, 0) is 35.2 Å². The number of benzene rings is 2. The summed E-state index contributed by atoms with van der Waals surface area (Å²) in [5.74, 6) is 1.40. The maximum atomic E-state index is 5.97. The second-order valence-corrected chi connectivity index (χ2v) is 4.30. The first-order chi connectivity index (χ1) is 9.31. The lowest BCUT2D eigenvalue weighted by Crippen LogP contribution is -1.94. The summed E-state index contributed by atoms with van der Waals surface area (Å²) in [7, 11) is 1.68. The summed E-state index contributed by atoms with van der Waals surface area (Å²) in [4.78, 5) is 4.15.